The Hall–Kier alpha value is -2.91. The number of alkyl halides is 1. The van der Waals surface area contributed by atoms with Crippen molar-refractivity contribution in [3.63, 3.8) is 0 Å². The van der Waals surface area contributed by atoms with Crippen LogP contribution in [-0.2, 0) is 0 Å². The molecule has 0 radical (unpaired) electrons. The monoisotopic (exact) mass is 465 g/mol. The summed E-state index contributed by atoms with van der Waals surface area (Å²) in [6.07, 6.45) is -1.55. The zero-order valence-electron chi connectivity index (χ0n) is 18.0. The average molecular weight is 466 g/mol. The van der Waals surface area contributed by atoms with E-state index in [4.69, 9.17) is 11.6 Å². The van der Waals surface area contributed by atoms with Crippen molar-refractivity contribution < 1.29 is 18.0 Å². The van der Waals surface area contributed by atoms with Crippen molar-refractivity contribution in [3.05, 3.63) is 70.2 Å². The number of rotatable bonds is 2. The molecule has 2 N–H and O–H groups in total. The summed E-state index contributed by atoms with van der Waals surface area (Å²) in [4.78, 5) is 21.1. The van der Waals surface area contributed by atoms with Gasteiger partial charge in [-0.2, -0.15) is 4.99 Å². The lowest BCUT2D eigenvalue weighted by atomic mass is 10.0. The van der Waals surface area contributed by atoms with Gasteiger partial charge < -0.3 is 5.43 Å². The molecule has 32 heavy (non-hydrogen) atoms. The van der Waals surface area contributed by atoms with Crippen molar-refractivity contribution in [1.82, 2.24) is 15.8 Å². The molecule has 2 aromatic carbocycles. The minimum Gasteiger partial charge on any atom is -0.304 e. The van der Waals surface area contributed by atoms with Crippen LogP contribution >= 0.6 is 11.6 Å². The highest BCUT2D eigenvalue weighted by Gasteiger charge is 2.39. The normalized spacial score (nSPS) is 21.0. The molecule has 1 heterocycles. The van der Waals surface area contributed by atoms with E-state index < -0.39 is 35.3 Å². The first-order chi connectivity index (χ1) is 14.9. The number of carbonyl (C=O) groups excluding carboxylic acids is 1. The number of guanidine groups is 1. The Bertz CT molecular complexity index is 1070. The Morgan fingerprint density at radius 3 is 2.38 bits per heavy atom. The predicted molar refractivity (Wildman–Crippen MR) is 118 cm³/mol. The van der Waals surface area contributed by atoms with E-state index in [1.165, 1.54) is 0 Å². The molecule has 0 saturated carbocycles. The van der Waals surface area contributed by atoms with Gasteiger partial charge in [-0.15, -0.1) is 0 Å². The van der Waals surface area contributed by atoms with Crippen LogP contribution in [0.15, 0.2) is 52.4 Å². The third kappa shape index (κ3) is 5.66. The Morgan fingerprint density at radius 2 is 1.78 bits per heavy atom. The van der Waals surface area contributed by atoms with Crippen LogP contribution in [0.25, 0.3) is 0 Å². The number of hydrazine groups is 1. The summed E-state index contributed by atoms with van der Waals surface area (Å²) >= 11 is 5.92. The van der Waals surface area contributed by atoms with Crippen LogP contribution in [0.2, 0.25) is 5.02 Å². The lowest BCUT2D eigenvalue weighted by molar-refractivity contribution is 0.0976. The molecule has 170 valence electrons. The van der Waals surface area contributed by atoms with E-state index in [0.717, 1.165) is 18.2 Å². The molecule has 1 fully saturated rings. The molecule has 0 aliphatic carbocycles. The van der Waals surface area contributed by atoms with E-state index >= 15 is 4.39 Å². The van der Waals surface area contributed by atoms with E-state index in [0.29, 0.717) is 10.6 Å². The van der Waals surface area contributed by atoms with Crippen LogP contribution in [0.1, 0.15) is 42.7 Å². The van der Waals surface area contributed by atoms with E-state index in [1.54, 1.807) is 57.1 Å². The average Bonchev–Trinajstić information content (AvgIpc) is 2.96. The fourth-order valence-corrected chi connectivity index (χ4v) is 3.25. The molecule has 1 amide bonds. The standard InChI is InChI=1S/C22H23ClF3N5O/c1-22(2,3)29-21(28-20(32)13-7-10-15(24)16(25)11-13)27-19-17(26)18(31(4)30-19)12-5-8-14(23)9-6-12/h5-11,17-18H,1-4H3,(H2,27,28,29,30,32). The van der Waals surface area contributed by atoms with Gasteiger partial charge in [0.15, 0.2) is 23.6 Å². The van der Waals surface area contributed by atoms with Gasteiger partial charge in [-0.3, -0.25) is 10.1 Å². The second kappa shape index (κ2) is 9.30. The first kappa shape index (κ1) is 23.7. The molecular weight excluding hydrogens is 443 g/mol. The van der Waals surface area contributed by atoms with E-state index in [-0.39, 0.29) is 17.4 Å². The molecule has 0 spiro atoms. The molecular formula is C22H23ClF3N5O. The Kier molecular flexibility index (Phi) is 6.90. The molecule has 10 heteroatoms. The first-order valence-electron chi connectivity index (χ1n) is 9.78. The summed E-state index contributed by atoms with van der Waals surface area (Å²) in [5, 5.41) is 4.54. The maximum atomic E-state index is 15.3. The zero-order chi connectivity index (χ0) is 23.6. The van der Waals surface area contributed by atoms with E-state index in [1.807, 2.05) is 0 Å². The number of hydrogen-bond donors (Lipinski definition) is 2. The number of halogens is 4. The van der Waals surface area contributed by atoms with Gasteiger partial charge in [-0.1, -0.05) is 23.7 Å². The number of nitrogens with one attached hydrogen (secondary N) is 2. The minimum absolute atomic E-state index is 0.0546. The predicted octanol–water partition coefficient (Wildman–Crippen LogP) is 4.43. The SMILES string of the molecule is CN1NC(=NC(=NC(C)(C)C)NC(=O)c2ccc(F)c(F)c2)C(F)C1c1ccc(Cl)cc1. The van der Waals surface area contributed by atoms with Crippen LogP contribution in [0.4, 0.5) is 13.2 Å². The third-order valence-corrected chi connectivity index (χ3v) is 4.78. The van der Waals surface area contributed by atoms with E-state index in [2.05, 4.69) is 20.7 Å². The van der Waals surface area contributed by atoms with Gasteiger partial charge in [-0.25, -0.2) is 23.2 Å². The first-order valence-corrected chi connectivity index (χ1v) is 10.2. The van der Waals surface area contributed by atoms with Crippen LogP contribution in [0, 0.1) is 11.6 Å². The second-order valence-corrected chi connectivity index (χ2v) is 8.74. The van der Waals surface area contributed by atoms with Gasteiger partial charge in [0, 0.05) is 17.6 Å². The molecule has 0 aromatic heterocycles. The van der Waals surface area contributed by atoms with Crippen molar-refractivity contribution >= 4 is 29.3 Å². The summed E-state index contributed by atoms with van der Waals surface area (Å²) in [5.74, 6) is -3.21. The Morgan fingerprint density at radius 1 is 1.12 bits per heavy atom. The lowest BCUT2D eigenvalue weighted by Crippen LogP contribution is -2.36. The van der Waals surface area contributed by atoms with Crippen molar-refractivity contribution in [1.29, 1.82) is 0 Å². The van der Waals surface area contributed by atoms with Crippen molar-refractivity contribution in [2.24, 2.45) is 9.98 Å². The highest BCUT2D eigenvalue weighted by atomic mass is 35.5. The van der Waals surface area contributed by atoms with Gasteiger partial charge >= 0.3 is 0 Å². The molecule has 1 saturated heterocycles. The van der Waals surface area contributed by atoms with Crippen LogP contribution in [0.3, 0.4) is 0 Å². The molecule has 1 aliphatic heterocycles. The van der Waals surface area contributed by atoms with Gasteiger partial charge in [0.05, 0.1) is 11.6 Å². The fourth-order valence-electron chi connectivity index (χ4n) is 3.12. The number of hydrogen-bond acceptors (Lipinski definition) is 3. The van der Waals surface area contributed by atoms with Crippen LogP contribution in [-0.4, -0.2) is 41.5 Å². The number of carbonyl (C=O) groups is 1. The largest absolute Gasteiger partial charge is 0.304 e. The van der Waals surface area contributed by atoms with Gasteiger partial charge in [0.1, 0.15) is 0 Å². The number of amides is 1. The molecule has 6 nitrogen and oxygen atoms in total. The molecule has 2 atom stereocenters. The van der Waals surface area contributed by atoms with Gasteiger partial charge in [-0.05, 0) is 56.7 Å². The van der Waals surface area contributed by atoms with Crippen molar-refractivity contribution in [2.45, 2.75) is 38.5 Å². The lowest BCUT2D eigenvalue weighted by Gasteiger charge is -2.19. The molecule has 2 unspecified atom stereocenters. The Labute approximate surface area is 189 Å². The zero-order valence-corrected chi connectivity index (χ0v) is 18.7. The summed E-state index contributed by atoms with van der Waals surface area (Å²) < 4.78 is 42.0. The second-order valence-electron chi connectivity index (χ2n) is 8.31. The quantitative estimate of drug-likeness (QED) is 0.509. The third-order valence-electron chi connectivity index (χ3n) is 4.53. The van der Waals surface area contributed by atoms with Gasteiger partial charge in [0.25, 0.3) is 5.91 Å². The van der Waals surface area contributed by atoms with Crippen molar-refractivity contribution in [3.8, 4) is 0 Å². The number of benzene rings is 2. The summed E-state index contributed by atoms with van der Waals surface area (Å²) in [6.45, 7) is 5.32. The maximum Gasteiger partial charge on any atom is 0.258 e. The number of nitrogens with zero attached hydrogens (tertiary/aromatic N) is 3. The number of aliphatic imine (C=N–C) groups is 2. The van der Waals surface area contributed by atoms with Crippen LogP contribution in [0.5, 0.6) is 0 Å². The maximum absolute atomic E-state index is 15.3. The Balaban J connectivity index is 1.89. The van der Waals surface area contributed by atoms with E-state index in [9.17, 15) is 13.6 Å². The molecule has 3 rings (SSSR count). The van der Waals surface area contributed by atoms with Crippen molar-refractivity contribution in [2.75, 3.05) is 7.05 Å². The molecule has 1 aliphatic rings. The topological polar surface area (TPSA) is 69.1 Å². The number of amidine groups is 1. The van der Waals surface area contributed by atoms with Crippen LogP contribution < -0.4 is 10.7 Å². The van der Waals surface area contributed by atoms with Gasteiger partial charge in [0.2, 0.25) is 5.96 Å². The molecule has 2 aromatic rings. The smallest absolute Gasteiger partial charge is 0.258 e. The summed E-state index contributed by atoms with van der Waals surface area (Å²) in [6, 6.07) is 8.84. The fraction of sp³-hybridized carbons (Fsp3) is 0.318. The minimum atomic E-state index is -1.55. The summed E-state index contributed by atoms with van der Waals surface area (Å²) in [5.41, 5.74) is 2.74. The highest BCUT2D eigenvalue weighted by molar-refractivity contribution is 6.30. The molecule has 0 bridgehead atoms. The summed E-state index contributed by atoms with van der Waals surface area (Å²) in [7, 11) is 1.66. The highest BCUT2D eigenvalue weighted by Crippen LogP contribution is 2.30.